The van der Waals surface area contributed by atoms with Gasteiger partial charge in [-0.1, -0.05) is 336 Å². The molecule has 0 aromatic rings. The normalized spacial score (nSPS) is 14.1. The van der Waals surface area contributed by atoms with Crippen molar-refractivity contribution in [2.45, 2.75) is 407 Å². The number of unbranched alkanes of at least 4 members (excludes halogenated alkanes) is 43. The lowest BCUT2D eigenvalue weighted by Crippen LogP contribution is -2.30. The number of ether oxygens (including phenoxy) is 4. The van der Waals surface area contributed by atoms with Gasteiger partial charge in [-0.05, 0) is 63.2 Å². The minimum absolute atomic E-state index is 0.0847. The largest absolute Gasteiger partial charge is 0.472 e. The van der Waals surface area contributed by atoms with Crippen molar-refractivity contribution >= 4 is 39.5 Å². The molecule has 0 aliphatic rings. The summed E-state index contributed by atoms with van der Waals surface area (Å²) >= 11 is 0. The van der Waals surface area contributed by atoms with Crippen LogP contribution >= 0.6 is 15.6 Å². The van der Waals surface area contributed by atoms with Crippen LogP contribution in [-0.2, 0) is 65.4 Å². The van der Waals surface area contributed by atoms with E-state index in [1.54, 1.807) is 0 Å². The van der Waals surface area contributed by atoms with Crippen molar-refractivity contribution in [1.29, 1.82) is 0 Å². The average Bonchev–Trinajstić information content (AvgIpc) is 0.972. The SMILES string of the molecule is CCCCCC/C=C\C=C/CCCCCCCC(=O)O[C@H](COC(=O)CCCCCCCCC)COP(=O)(O)OC[C@H](O)COP(=O)(O)OC[C@@H](COC(=O)CCCCCCCCCCCCCCCCCC(C)C)OC(=O)CCCCCCCCCCCCCCCCCC(C)C. The Hall–Kier alpha value is -2.46. The van der Waals surface area contributed by atoms with Crippen LogP contribution in [0.25, 0.3) is 0 Å². The van der Waals surface area contributed by atoms with E-state index in [9.17, 15) is 43.2 Å². The fourth-order valence-corrected chi connectivity index (χ4v) is 13.2. The van der Waals surface area contributed by atoms with Crippen molar-refractivity contribution in [2.75, 3.05) is 39.6 Å². The van der Waals surface area contributed by atoms with Crippen molar-refractivity contribution in [1.82, 2.24) is 0 Å². The molecule has 0 radical (unpaired) electrons. The fourth-order valence-electron chi connectivity index (χ4n) is 11.6. The van der Waals surface area contributed by atoms with Crippen molar-refractivity contribution < 1.29 is 80.2 Å². The summed E-state index contributed by atoms with van der Waals surface area (Å²) in [5.41, 5.74) is 0. The molecule has 0 aromatic heterocycles. The molecule has 0 amide bonds. The highest BCUT2D eigenvalue weighted by atomic mass is 31.2. The smallest absolute Gasteiger partial charge is 0.462 e. The molecule has 0 aromatic carbocycles. The number of esters is 4. The molecule has 0 fully saturated rings. The Balaban J connectivity index is 5.22. The lowest BCUT2D eigenvalue weighted by Gasteiger charge is -2.21. The molecule has 0 heterocycles. The first-order valence-corrected chi connectivity index (χ1v) is 43.3. The van der Waals surface area contributed by atoms with Gasteiger partial charge in [0, 0.05) is 25.7 Å². The number of hydrogen-bond donors (Lipinski definition) is 3. The summed E-state index contributed by atoms with van der Waals surface area (Å²) in [7, 11) is -9.92. The molecule has 0 rings (SSSR count). The number of allylic oxidation sites excluding steroid dienone is 4. The number of rotatable bonds is 76. The highest BCUT2D eigenvalue weighted by molar-refractivity contribution is 7.47. The maximum absolute atomic E-state index is 13.1. The van der Waals surface area contributed by atoms with Crippen LogP contribution in [0.15, 0.2) is 24.3 Å². The Morgan fingerprint density at radius 2 is 0.551 bits per heavy atom. The van der Waals surface area contributed by atoms with E-state index >= 15 is 0 Å². The van der Waals surface area contributed by atoms with E-state index in [2.05, 4.69) is 65.8 Å². The summed E-state index contributed by atoms with van der Waals surface area (Å²) < 4.78 is 68.5. The van der Waals surface area contributed by atoms with Crippen molar-refractivity contribution in [2.24, 2.45) is 11.8 Å². The van der Waals surface area contributed by atoms with Gasteiger partial charge in [-0.2, -0.15) is 0 Å². The van der Waals surface area contributed by atoms with Crippen LogP contribution in [0.4, 0.5) is 0 Å². The number of phosphoric ester groups is 2. The quantitative estimate of drug-likeness (QED) is 0.0169. The maximum atomic E-state index is 13.1. The van der Waals surface area contributed by atoms with Crippen LogP contribution in [-0.4, -0.2) is 96.7 Å². The van der Waals surface area contributed by atoms with E-state index in [0.717, 1.165) is 127 Å². The first kappa shape index (κ1) is 95.5. The summed E-state index contributed by atoms with van der Waals surface area (Å²) in [5, 5.41) is 10.6. The minimum atomic E-state index is -4.96. The highest BCUT2D eigenvalue weighted by Gasteiger charge is 2.30. The molecule has 578 valence electrons. The lowest BCUT2D eigenvalue weighted by atomic mass is 10.0. The molecule has 0 saturated carbocycles. The number of carbonyl (C=O) groups excluding carboxylic acids is 4. The van der Waals surface area contributed by atoms with Gasteiger partial charge in [-0.15, -0.1) is 0 Å². The van der Waals surface area contributed by atoms with Crippen LogP contribution in [0.1, 0.15) is 388 Å². The number of phosphoric acid groups is 2. The predicted octanol–water partition coefficient (Wildman–Crippen LogP) is 23.1. The van der Waals surface area contributed by atoms with Gasteiger partial charge in [0.1, 0.15) is 19.3 Å². The fraction of sp³-hybridized carbons (Fsp3) is 0.899. The van der Waals surface area contributed by atoms with Gasteiger partial charge in [0.25, 0.3) is 0 Å². The Kier molecular flexibility index (Phi) is 68.5. The highest BCUT2D eigenvalue weighted by Crippen LogP contribution is 2.45. The van der Waals surface area contributed by atoms with Gasteiger partial charge in [0.2, 0.25) is 0 Å². The molecular weight excluding hydrogens is 1280 g/mol. The first-order valence-electron chi connectivity index (χ1n) is 40.3. The zero-order chi connectivity index (χ0) is 72.1. The van der Waals surface area contributed by atoms with E-state index in [-0.39, 0.29) is 25.7 Å². The molecule has 3 N–H and O–H groups in total. The monoisotopic (exact) mass is 1430 g/mol. The summed E-state index contributed by atoms with van der Waals surface area (Å²) in [4.78, 5) is 72.8. The topological polar surface area (TPSA) is 237 Å². The second-order valence-electron chi connectivity index (χ2n) is 28.7. The zero-order valence-electron chi connectivity index (χ0n) is 63.6. The molecular formula is C79H150O17P2. The third-order valence-corrected chi connectivity index (χ3v) is 19.7. The molecule has 19 heteroatoms. The Morgan fingerprint density at radius 3 is 0.837 bits per heavy atom. The second-order valence-corrected chi connectivity index (χ2v) is 31.6. The summed E-state index contributed by atoms with van der Waals surface area (Å²) in [6, 6.07) is 0. The maximum Gasteiger partial charge on any atom is 0.472 e. The molecule has 0 bridgehead atoms. The Bertz CT molecular complexity index is 1980. The van der Waals surface area contributed by atoms with Crippen LogP contribution in [0.3, 0.4) is 0 Å². The molecule has 5 atom stereocenters. The minimum Gasteiger partial charge on any atom is -0.462 e. The van der Waals surface area contributed by atoms with Gasteiger partial charge < -0.3 is 33.8 Å². The summed E-state index contributed by atoms with van der Waals surface area (Å²) in [6.45, 7) is 9.56. The average molecular weight is 1430 g/mol. The van der Waals surface area contributed by atoms with Crippen molar-refractivity contribution in [3.8, 4) is 0 Å². The van der Waals surface area contributed by atoms with Crippen LogP contribution in [0.5, 0.6) is 0 Å². The molecule has 2 unspecified atom stereocenters. The summed E-state index contributed by atoms with van der Waals surface area (Å²) in [5.74, 6) is -0.540. The van der Waals surface area contributed by atoms with Crippen LogP contribution in [0, 0.1) is 11.8 Å². The van der Waals surface area contributed by atoms with Gasteiger partial charge in [-0.3, -0.25) is 37.3 Å². The van der Waals surface area contributed by atoms with E-state index in [1.807, 2.05) is 0 Å². The predicted molar refractivity (Wildman–Crippen MR) is 400 cm³/mol. The van der Waals surface area contributed by atoms with Crippen LogP contribution in [0.2, 0.25) is 0 Å². The van der Waals surface area contributed by atoms with Gasteiger partial charge in [0.05, 0.1) is 26.4 Å². The zero-order valence-corrected chi connectivity index (χ0v) is 65.4. The second kappa shape index (κ2) is 70.2. The Labute approximate surface area is 599 Å². The van der Waals surface area contributed by atoms with Crippen molar-refractivity contribution in [3.63, 3.8) is 0 Å². The van der Waals surface area contributed by atoms with Crippen molar-refractivity contribution in [3.05, 3.63) is 24.3 Å². The number of carbonyl (C=O) groups is 4. The lowest BCUT2D eigenvalue weighted by molar-refractivity contribution is -0.161. The molecule has 0 aliphatic carbocycles. The van der Waals surface area contributed by atoms with E-state index in [0.29, 0.717) is 25.7 Å². The Morgan fingerprint density at radius 1 is 0.316 bits per heavy atom. The van der Waals surface area contributed by atoms with E-state index in [1.165, 1.54) is 180 Å². The van der Waals surface area contributed by atoms with Crippen LogP contribution < -0.4 is 0 Å². The molecule has 0 spiro atoms. The van der Waals surface area contributed by atoms with Gasteiger partial charge in [0.15, 0.2) is 12.2 Å². The third-order valence-electron chi connectivity index (χ3n) is 17.8. The van der Waals surface area contributed by atoms with Gasteiger partial charge in [-0.25, -0.2) is 9.13 Å². The van der Waals surface area contributed by atoms with E-state index in [4.69, 9.17) is 37.0 Å². The van der Waals surface area contributed by atoms with E-state index < -0.39 is 97.5 Å². The molecule has 0 aliphatic heterocycles. The molecule has 17 nitrogen and oxygen atoms in total. The summed E-state index contributed by atoms with van der Waals surface area (Å²) in [6.07, 6.45) is 62.0. The number of aliphatic hydroxyl groups is 1. The number of hydrogen-bond acceptors (Lipinski definition) is 15. The molecule has 0 saturated heterocycles. The number of aliphatic hydroxyl groups excluding tert-OH is 1. The van der Waals surface area contributed by atoms with Gasteiger partial charge >= 0.3 is 39.5 Å². The molecule has 98 heavy (non-hydrogen) atoms. The standard InChI is InChI=1S/C79H150O17P2/c1-7-9-11-13-15-16-17-18-21-29-34-39-45-51-57-63-78(83)95-74(67-89-76(81)61-55-49-41-14-12-10-8-2)69-93-97(85,86)91-65-73(80)66-92-98(87,88)94-70-75(96-79(84)64-58-52-46-40-35-30-25-20-23-27-32-37-43-48-54-60-72(5)6)68-90-77(82)62-56-50-44-38-33-28-24-19-22-26-31-36-42-47-53-59-71(3)4/h16-18,21,71-75,80H,7-15,19-20,22-70H2,1-6H3,(H,85,86)(H,87,88)/b17-16-,21-18-/t73-,74+,75+/m0/s1. The first-order chi connectivity index (χ1) is 47.4. The third kappa shape index (κ3) is 71.9.